The number of aromatic nitrogens is 2. The quantitative estimate of drug-likeness (QED) is 0.819. The van der Waals surface area contributed by atoms with Gasteiger partial charge in [-0.3, -0.25) is 9.78 Å². The molecule has 2 N–H and O–H groups in total. The highest BCUT2D eigenvalue weighted by molar-refractivity contribution is 5.74. The lowest BCUT2D eigenvalue weighted by Crippen LogP contribution is -2.34. The molecule has 0 aromatic carbocycles. The van der Waals surface area contributed by atoms with Gasteiger partial charge in [-0.2, -0.15) is 0 Å². The van der Waals surface area contributed by atoms with Crippen LogP contribution in [0.3, 0.4) is 0 Å². The van der Waals surface area contributed by atoms with Gasteiger partial charge in [0.05, 0.1) is 23.0 Å². The lowest BCUT2D eigenvalue weighted by Gasteiger charge is -2.23. The fraction of sp³-hybridized carbons (Fsp3) is 0.583. The van der Waals surface area contributed by atoms with Gasteiger partial charge in [-0.1, -0.05) is 6.92 Å². The Morgan fingerprint density at radius 2 is 2.12 bits per heavy atom. The van der Waals surface area contributed by atoms with Crippen molar-refractivity contribution in [2.24, 2.45) is 5.41 Å². The molecular weight excluding hydrogens is 218 g/mol. The van der Waals surface area contributed by atoms with Gasteiger partial charge >= 0.3 is 5.97 Å². The summed E-state index contributed by atoms with van der Waals surface area (Å²) < 4.78 is 0. The molecule has 1 unspecified atom stereocenters. The maximum absolute atomic E-state index is 11.1. The molecule has 0 aliphatic carbocycles. The van der Waals surface area contributed by atoms with Crippen LogP contribution in [0.5, 0.6) is 0 Å². The zero-order valence-electron chi connectivity index (χ0n) is 10.7. The highest BCUT2D eigenvalue weighted by Crippen LogP contribution is 2.21. The molecule has 0 amide bonds. The SMILES string of the molecule is CCC(C)(CNc1cnc(C)c(C)n1)C(=O)O. The van der Waals surface area contributed by atoms with Crippen molar-refractivity contribution in [1.82, 2.24) is 9.97 Å². The molecule has 1 heterocycles. The van der Waals surface area contributed by atoms with Crippen LogP contribution < -0.4 is 5.32 Å². The van der Waals surface area contributed by atoms with E-state index in [2.05, 4.69) is 15.3 Å². The third-order valence-corrected chi connectivity index (χ3v) is 3.15. The van der Waals surface area contributed by atoms with Crippen LogP contribution >= 0.6 is 0 Å². The number of carbonyl (C=O) groups is 1. The Kier molecular flexibility index (Phi) is 4.04. The number of rotatable bonds is 5. The Balaban J connectivity index is 2.73. The van der Waals surface area contributed by atoms with Crippen LogP contribution in [0.15, 0.2) is 6.20 Å². The van der Waals surface area contributed by atoms with Crippen LogP contribution in [-0.4, -0.2) is 27.6 Å². The van der Waals surface area contributed by atoms with E-state index in [1.54, 1.807) is 13.1 Å². The predicted octanol–water partition coefficient (Wildman–Crippen LogP) is 2.01. The summed E-state index contributed by atoms with van der Waals surface area (Å²) in [4.78, 5) is 19.6. The van der Waals surface area contributed by atoms with Crippen LogP contribution in [0.25, 0.3) is 0 Å². The van der Waals surface area contributed by atoms with Crippen molar-refractivity contribution in [1.29, 1.82) is 0 Å². The van der Waals surface area contributed by atoms with E-state index in [4.69, 9.17) is 5.11 Å². The molecule has 1 rings (SSSR count). The normalized spacial score (nSPS) is 14.1. The minimum Gasteiger partial charge on any atom is -0.481 e. The summed E-state index contributed by atoms with van der Waals surface area (Å²) >= 11 is 0. The molecule has 5 nitrogen and oxygen atoms in total. The molecule has 5 heteroatoms. The van der Waals surface area contributed by atoms with Gasteiger partial charge in [0.2, 0.25) is 0 Å². The second-order valence-corrected chi connectivity index (χ2v) is 4.50. The van der Waals surface area contributed by atoms with Crippen LogP contribution in [0, 0.1) is 19.3 Å². The summed E-state index contributed by atoms with van der Waals surface area (Å²) in [7, 11) is 0. The topological polar surface area (TPSA) is 75.1 Å². The van der Waals surface area contributed by atoms with Gasteiger partial charge in [-0.25, -0.2) is 4.98 Å². The van der Waals surface area contributed by atoms with Crippen molar-refractivity contribution in [3.8, 4) is 0 Å². The number of nitrogens with zero attached hydrogens (tertiary/aromatic N) is 2. The van der Waals surface area contributed by atoms with Gasteiger partial charge in [0, 0.05) is 6.54 Å². The molecule has 0 spiro atoms. The molecule has 0 radical (unpaired) electrons. The van der Waals surface area contributed by atoms with E-state index in [1.165, 1.54) is 0 Å². The summed E-state index contributed by atoms with van der Waals surface area (Å²) in [6.45, 7) is 7.69. The number of carboxylic acids is 1. The number of anilines is 1. The Morgan fingerprint density at radius 1 is 1.47 bits per heavy atom. The van der Waals surface area contributed by atoms with E-state index in [0.29, 0.717) is 18.8 Å². The average Bonchev–Trinajstić information content (AvgIpc) is 2.30. The van der Waals surface area contributed by atoms with Gasteiger partial charge in [0.15, 0.2) is 0 Å². The molecule has 0 fully saturated rings. The Labute approximate surface area is 101 Å². The second-order valence-electron chi connectivity index (χ2n) is 4.50. The average molecular weight is 237 g/mol. The van der Waals surface area contributed by atoms with Gasteiger partial charge in [0.1, 0.15) is 5.82 Å². The third kappa shape index (κ3) is 3.15. The highest BCUT2D eigenvalue weighted by Gasteiger charge is 2.30. The number of nitrogens with one attached hydrogen (secondary N) is 1. The Hall–Kier alpha value is -1.65. The molecule has 1 aromatic rings. The summed E-state index contributed by atoms with van der Waals surface area (Å²) in [6, 6.07) is 0. The number of aryl methyl sites for hydroxylation is 2. The lowest BCUT2D eigenvalue weighted by molar-refractivity contribution is -0.147. The van der Waals surface area contributed by atoms with E-state index in [1.807, 2.05) is 20.8 Å². The fourth-order valence-electron chi connectivity index (χ4n) is 1.26. The van der Waals surface area contributed by atoms with Crippen molar-refractivity contribution in [3.05, 3.63) is 17.6 Å². The van der Waals surface area contributed by atoms with E-state index in [-0.39, 0.29) is 0 Å². The van der Waals surface area contributed by atoms with Crippen LogP contribution in [0.1, 0.15) is 31.7 Å². The maximum Gasteiger partial charge on any atom is 0.311 e. The summed E-state index contributed by atoms with van der Waals surface area (Å²) in [5.74, 6) is -0.182. The second kappa shape index (κ2) is 5.12. The zero-order valence-corrected chi connectivity index (χ0v) is 10.7. The monoisotopic (exact) mass is 237 g/mol. The van der Waals surface area contributed by atoms with Crippen molar-refractivity contribution in [2.75, 3.05) is 11.9 Å². The molecule has 17 heavy (non-hydrogen) atoms. The molecule has 1 atom stereocenters. The van der Waals surface area contributed by atoms with Crippen molar-refractivity contribution >= 4 is 11.8 Å². The standard InChI is InChI=1S/C12H19N3O2/c1-5-12(4,11(16)17)7-14-10-6-13-8(2)9(3)15-10/h6H,5,7H2,1-4H3,(H,14,15)(H,16,17). The lowest BCUT2D eigenvalue weighted by atomic mass is 9.88. The number of hydrogen-bond donors (Lipinski definition) is 2. The van der Waals surface area contributed by atoms with Crippen molar-refractivity contribution in [3.63, 3.8) is 0 Å². The van der Waals surface area contributed by atoms with Crippen LogP contribution in [-0.2, 0) is 4.79 Å². The van der Waals surface area contributed by atoms with Crippen molar-refractivity contribution in [2.45, 2.75) is 34.1 Å². The summed E-state index contributed by atoms with van der Waals surface area (Å²) in [6.07, 6.45) is 2.19. The molecule has 0 bridgehead atoms. The molecule has 0 saturated carbocycles. The van der Waals surface area contributed by atoms with Crippen LogP contribution in [0.2, 0.25) is 0 Å². The number of hydrogen-bond acceptors (Lipinski definition) is 4. The zero-order chi connectivity index (χ0) is 13.1. The minimum absolute atomic E-state index is 0.343. The van der Waals surface area contributed by atoms with Gasteiger partial charge in [-0.05, 0) is 27.2 Å². The molecule has 0 aliphatic heterocycles. The largest absolute Gasteiger partial charge is 0.481 e. The van der Waals surface area contributed by atoms with E-state index >= 15 is 0 Å². The van der Waals surface area contributed by atoms with Gasteiger partial charge < -0.3 is 10.4 Å². The Morgan fingerprint density at radius 3 is 2.59 bits per heavy atom. The third-order valence-electron chi connectivity index (χ3n) is 3.15. The predicted molar refractivity (Wildman–Crippen MR) is 66.0 cm³/mol. The fourth-order valence-corrected chi connectivity index (χ4v) is 1.26. The van der Waals surface area contributed by atoms with Crippen LogP contribution in [0.4, 0.5) is 5.82 Å². The van der Waals surface area contributed by atoms with E-state index < -0.39 is 11.4 Å². The summed E-state index contributed by atoms with van der Waals surface area (Å²) in [5, 5.41) is 12.2. The first-order valence-electron chi connectivity index (χ1n) is 5.66. The van der Waals surface area contributed by atoms with Crippen molar-refractivity contribution < 1.29 is 9.90 Å². The van der Waals surface area contributed by atoms with Gasteiger partial charge in [0.25, 0.3) is 0 Å². The smallest absolute Gasteiger partial charge is 0.311 e. The van der Waals surface area contributed by atoms with E-state index in [0.717, 1.165) is 11.4 Å². The molecule has 94 valence electrons. The molecular formula is C12H19N3O2. The first kappa shape index (κ1) is 13.4. The van der Waals surface area contributed by atoms with Gasteiger partial charge in [-0.15, -0.1) is 0 Å². The van der Waals surface area contributed by atoms with E-state index in [9.17, 15) is 4.79 Å². The number of aliphatic carboxylic acids is 1. The number of carboxylic acid groups (broad SMARTS) is 1. The molecule has 0 aliphatic rings. The summed E-state index contributed by atoms with van der Waals surface area (Å²) in [5.41, 5.74) is 0.955. The first-order valence-corrected chi connectivity index (χ1v) is 5.66. The highest BCUT2D eigenvalue weighted by atomic mass is 16.4. The molecule has 0 saturated heterocycles. The Bertz CT molecular complexity index is 420. The maximum atomic E-state index is 11.1. The minimum atomic E-state index is -0.802. The first-order chi connectivity index (χ1) is 7.89. The molecule has 1 aromatic heterocycles.